The molecule has 3 aliphatic heterocycles. The molecule has 3 saturated heterocycles. The fraction of sp³-hybridized carbons (Fsp3) is 0.526. The first-order valence-corrected chi connectivity index (χ1v) is 14.9. The zero-order valence-electron chi connectivity index (χ0n) is 22.7. The minimum atomic E-state index is -5.50. The molecular formula is C19H27F2N9O12P2. The van der Waals surface area contributed by atoms with Crippen LogP contribution in [0.3, 0.4) is 0 Å². The highest BCUT2D eigenvalue weighted by Gasteiger charge is 2.52. The Bertz CT molecular complexity index is 1730. The largest absolute Gasteiger partial charge is 0.756 e. The summed E-state index contributed by atoms with van der Waals surface area (Å²) >= 11 is 0. The highest BCUT2D eigenvalue weighted by Crippen LogP contribution is 2.51. The second-order valence-corrected chi connectivity index (χ2v) is 12.0. The second-order valence-electron chi connectivity index (χ2n) is 9.25. The number of nitrogens with zero attached hydrogens (tertiary/aromatic N) is 5. The zero-order valence-corrected chi connectivity index (χ0v) is 24.5. The van der Waals surface area contributed by atoms with Crippen LogP contribution in [-0.4, -0.2) is 79.0 Å². The summed E-state index contributed by atoms with van der Waals surface area (Å²) in [4.78, 5) is 62.8. The zero-order chi connectivity index (χ0) is 30.0. The molecule has 10 atom stereocenters. The average Bonchev–Trinajstić information content (AvgIpc) is 3.57. The van der Waals surface area contributed by atoms with Crippen molar-refractivity contribution in [1.29, 1.82) is 0 Å². The highest BCUT2D eigenvalue weighted by atomic mass is 31.2. The van der Waals surface area contributed by atoms with Gasteiger partial charge < -0.3 is 55.4 Å². The van der Waals surface area contributed by atoms with Gasteiger partial charge >= 0.3 is 5.69 Å². The van der Waals surface area contributed by atoms with E-state index in [0.717, 1.165) is 29.5 Å². The lowest BCUT2D eigenvalue weighted by Crippen LogP contribution is -2.38. The molecule has 3 aromatic heterocycles. The minimum Gasteiger partial charge on any atom is -0.756 e. The molecule has 3 fully saturated rings. The van der Waals surface area contributed by atoms with E-state index in [1.807, 2.05) is 4.98 Å². The molecule has 6 heterocycles. The number of phosphoric ester groups is 2. The highest BCUT2D eigenvalue weighted by molar-refractivity contribution is 7.46. The predicted octanol–water partition coefficient (Wildman–Crippen LogP) is -1.06. The molecule has 2 unspecified atom stereocenters. The lowest BCUT2D eigenvalue weighted by Gasteiger charge is -2.31. The fourth-order valence-electron chi connectivity index (χ4n) is 4.72. The molecule has 44 heavy (non-hydrogen) atoms. The van der Waals surface area contributed by atoms with Crippen LogP contribution in [0.25, 0.3) is 11.2 Å². The number of alkyl halides is 2. The third kappa shape index (κ3) is 6.22. The molecule has 3 aromatic rings. The molecule has 0 spiro atoms. The number of hydrogen-bond acceptors (Lipinski definition) is 16. The van der Waals surface area contributed by atoms with E-state index in [-0.39, 0.29) is 29.3 Å². The van der Waals surface area contributed by atoms with Crippen LogP contribution in [0, 0.1) is 0 Å². The van der Waals surface area contributed by atoms with Crippen LogP contribution in [0.4, 0.5) is 14.6 Å². The Labute approximate surface area is 243 Å². The molecule has 0 amide bonds. The molecule has 11 N–H and O–H groups in total. The number of halogens is 2. The van der Waals surface area contributed by atoms with Crippen molar-refractivity contribution in [3.63, 3.8) is 0 Å². The Morgan fingerprint density at radius 3 is 2.23 bits per heavy atom. The Morgan fingerprint density at radius 1 is 0.909 bits per heavy atom. The molecule has 21 nitrogen and oxygen atoms in total. The Morgan fingerprint density at radius 2 is 1.55 bits per heavy atom. The number of aromatic nitrogens is 6. The number of H-pyrrole nitrogens is 1. The summed E-state index contributed by atoms with van der Waals surface area (Å²) in [5, 5.41) is 0. The van der Waals surface area contributed by atoms with E-state index in [9.17, 15) is 28.5 Å². The number of quaternary nitrogens is 2. The molecule has 0 radical (unpaired) electrons. The number of hydrogen-bond donors (Lipinski definition) is 4. The smallest absolute Gasteiger partial charge is 0.330 e. The number of nitrogens with two attached hydrogens (primary N) is 1. The number of fused-ring (bicyclic) bond motifs is 4. The lowest BCUT2D eigenvalue weighted by atomic mass is 10.1. The molecule has 0 aromatic carbocycles. The summed E-state index contributed by atoms with van der Waals surface area (Å²) in [6.45, 7) is -2.16. The Balaban J connectivity index is 0.00000221. The standard InChI is InChI=1S/C19H21F2N7O12P2.2H3N/c20-10-7-3-35-41(31,32)39-13-8(38-17(11(13)21)28-6-25-12-15(22)23-5-24-16(12)28)4-36-42(33,34)40-14(10)18(37-7)27-2-1-9(29)26-19(27)30;;/h1-2,5-8,10-11,13-14,17-18H,3-4H2,(H,31,32)(H,33,34)(H2,22,23,24)(H,26,29,30);2*1H3/t7-,8-,10-,11-,13-,14-,17-,18-;;/m1../s1. The van der Waals surface area contributed by atoms with Crippen LogP contribution in [0.5, 0.6) is 0 Å². The number of aromatic amines is 1. The quantitative estimate of drug-likeness (QED) is 0.235. The third-order valence-electron chi connectivity index (χ3n) is 6.61. The van der Waals surface area contributed by atoms with Crippen molar-refractivity contribution >= 4 is 32.6 Å². The summed E-state index contributed by atoms with van der Waals surface area (Å²) in [7, 11) is -11.0. The second kappa shape index (κ2) is 12.4. The van der Waals surface area contributed by atoms with Gasteiger partial charge in [-0.15, -0.1) is 0 Å². The van der Waals surface area contributed by atoms with Gasteiger partial charge in [-0.1, -0.05) is 0 Å². The van der Waals surface area contributed by atoms with Gasteiger partial charge in [-0.2, -0.15) is 0 Å². The molecule has 6 rings (SSSR count). The summed E-state index contributed by atoms with van der Waals surface area (Å²) in [6.07, 6.45) is -12.8. The van der Waals surface area contributed by atoms with Crippen LogP contribution >= 0.6 is 15.6 Å². The van der Waals surface area contributed by atoms with Crippen molar-refractivity contribution in [2.24, 2.45) is 0 Å². The van der Waals surface area contributed by atoms with Gasteiger partial charge in [-0.05, 0) is 0 Å². The first kappa shape index (κ1) is 33.8. The summed E-state index contributed by atoms with van der Waals surface area (Å²) in [5.74, 6) is -0.0401. The number of ether oxygens (including phenoxy) is 2. The molecular weight excluding hydrogens is 646 g/mol. The average molecular weight is 673 g/mol. The molecule has 0 saturated carbocycles. The first-order chi connectivity index (χ1) is 19.8. The molecule has 2 bridgehead atoms. The monoisotopic (exact) mass is 673 g/mol. The summed E-state index contributed by atoms with van der Waals surface area (Å²) in [6, 6.07) is 0.870. The van der Waals surface area contributed by atoms with Crippen LogP contribution in [-0.2, 0) is 36.7 Å². The van der Waals surface area contributed by atoms with E-state index < -0.39 is 89.3 Å². The van der Waals surface area contributed by atoms with E-state index in [0.29, 0.717) is 4.57 Å². The molecule has 244 valence electrons. The van der Waals surface area contributed by atoms with Crippen molar-refractivity contribution in [2.75, 3.05) is 18.9 Å². The van der Waals surface area contributed by atoms with Gasteiger partial charge in [0.05, 0.1) is 19.5 Å². The van der Waals surface area contributed by atoms with Crippen molar-refractivity contribution in [1.82, 2.24) is 41.4 Å². The maximum atomic E-state index is 15.7. The van der Waals surface area contributed by atoms with Crippen LogP contribution in [0.15, 0.2) is 34.5 Å². The van der Waals surface area contributed by atoms with Crippen LogP contribution in [0.2, 0.25) is 0 Å². The number of rotatable bonds is 2. The van der Waals surface area contributed by atoms with E-state index >= 15 is 8.78 Å². The van der Waals surface area contributed by atoms with E-state index in [2.05, 4.69) is 15.0 Å². The topological polar surface area (TPSA) is 333 Å². The van der Waals surface area contributed by atoms with E-state index in [1.54, 1.807) is 0 Å². The van der Waals surface area contributed by atoms with Gasteiger partial charge in [0.1, 0.15) is 36.3 Å². The number of phosphoric acid groups is 2. The molecule has 3 aliphatic rings. The van der Waals surface area contributed by atoms with Gasteiger partial charge in [0.15, 0.2) is 36.3 Å². The third-order valence-corrected chi connectivity index (χ3v) is 8.55. The van der Waals surface area contributed by atoms with Crippen molar-refractivity contribution in [2.45, 2.75) is 49.2 Å². The Hall–Kier alpha value is -3.05. The maximum absolute atomic E-state index is 15.7. The van der Waals surface area contributed by atoms with Gasteiger partial charge in [-0.25, -0.2) is 28.5 Å². The van der Waals surface area contributed by atoms with Crippen molar-refractivity contribution in [3.8, 4) is 0 Å². The van der Waals surface area contributed by atoms with Gasteiger partial charge in [0, 0.05) is 12.3 Å². The summed E-state index contributed by atoms with van der Waals surface area (Å²) < 4.78 is 88.5. The van der Waals surface area contributed by atoms with Gasteiger partial charge in [0.25, 0.3) is 21.2 Å². The predicted molar refractivity (Wildman–Crippen MR) is 138 cm³/mol. The number of anilines is 1. The van der Waals surface area contributed by atoms with Crippen molar-refractivity contribution < 1.29 is 55.3 Å². The van der Waals surface area contributed by atoms with Gasteiger partial charge in [0.2, 0.25) is 0 Å². The number of imidazole rings is 1. The van der Waals surface area contributed by atoms with Gasteiger partial charge in [-0.3, -0.25) is 28.0 Å². The van der Waals surface area contributed by atoms with Crippen molar-refractivity contribution in [3.05, 3.63) is 45.8 Å². The molecule has 0 aliphatic carbocycles. The fourth-order valence-corrected chi connectivity index (χ4v) is 6.57. The van der Waals surface area contributed by atoms with Crippen LogP contribution < -0.4 is 39.1 Å². The number of nitrogen functional groups attached to an aromatic ring is 1. The lowest BCUT2D eigenvalue weighted by molar-refractivity contribution is -0.240. The minimum absolute atomic E-state index is 0. The van der Waals surface area contributed by atoms with E-state index in [4.69, 9.17) is 33.3 Å². The summed E-state index contributed by atoms with van der Waals surface area (Å²) in [5.41, 5.74) is 3.91. The van der Waals surface area contributed by atoms with E-state index in [1.165, 1.54) is 0 Å². The SMILES string of the molecule is Nc1ncnc2c1ncn2[C@@H]1O[C@@H]2COP(=O)([O-])O[C@@H]3[C@H](F)[C@@H](COP(=O)([O-])O[C@H]2[C@H]1F)O[C@H]3n1ccc(=O)[nH]c1=O.[NH4+].[NH4+]. The number of nitrogens with one attached hydrogen (secondary N) is 1. The normalized spacial score (nSPS) is 37.5. The Kier molecular flexibility index (Phi) is 9.53. The first-order valence-electron chi connectivity index (χ1n) is 11.9. The maximum Gasteiger partial charge on any atom is 0.330 e. The molecule has 25 heteroatoms. The van der Waals surface area contributed by atoms with Crippen LogP contribution in [0.1, 0.15) is 12.5 Å².